The number of aliphatic hydroxyl groups is 1. The molecule has 1 amide bonds. The monoisotopic (exact) mass is 337 g/mol. The zero-order chi connectivity index (χ0) is 17.3. The molecule has 6 heteroatoms. The molecule has 0 saturated carbocycles. The molecule has 0 fully saturated rings. The predicted octanol–water partition coefficient (Wildman–Crippen LogP) is 2.97. The Morgan fingerprint density at radius 3 is 2.48 bits per heavy atom. The summed E-state index contributed by atoms with van der Waals surface area (Å²) in [5, 5.41) is 13.3. The lowest BCUT2D eigenvalue weighted by atomic mass is 9.89. The number of hydrazine groups is 1. The van der Waals surface area contributed by atoms with E-state index in [4.69, 9.17) is 12.2 Å². The van der Waals surface area contributed by atoms with Crippen LogP contribution in [-0.2, 0) is 4.79 Å². The molecule has 0 radical (unpaired) electrons. The lowest BCUT2D eigenvalue weighted by Crippen LogP contribution is -2.47. The zero-order valence-corrected chi connectivity index (χ0v) is 14.9. The Balaban J connectivity index is 2.48. The van der Waals surface area contributed by atoms with E-state index in [0.29, 0.717) is 11.5 Å². The first-order chi connectivity index (χ1) is 10.8. The highest BCUT2D eigenvalue weighted by atomic mass is 32.1. The van der Waals surface area contributed by atoms with Crippen molar-refractivity contribution < 1.29 is 9.90 Å². The van der Waals surface area contributed by atoms with Crippen molar-refractivity contribution in [3.05, 3.63) is 30.3 Å². The van der Waals surface area contributed by atoms with Gasteiger partial charge in [-0.3, -0.25) is 15.6 Å². The molecule has 1 aromatic carbocycles. The fourth-order valence-electron chi connectivity index (χ4n) is 2.28. The molecule has 0 bridgehead atoms. The molecule has 0 heterocycles. The summed E-state index contributed by atoms with van der Waals surface area (Å²) in [5.74, 6) is -0.403. The van der Waals surface area contributed by atoms with Gasteiger partial charge >= 0.3 is 0 Å². The number of carbonyl (C=O) groups is 1. The maximum atomic E-state index is 12.3. The van der Waals surface area contributed by atoms with Gasteiger partial charge in [0.05, 0.1) is 5.60 Å². The molecule has 0 aromatic heterocycles. The minimum atomic E-state index is -0.876. The summed E-state index contributed by atoms with van der Waals surface area (Å²) in [7, 11) is 0. The van der Waals surface area contributed by atoms with Crippen molar-refractivity contribution in [1.29, 1.82) is 0 Å². The number of carbonyl (C=O) groups excluding carboxylic acids is 1. The van der Waals surface area contributed by atoms with Crippen LogP contribution in [0.5, 0.6) is 0 Å². The maximum Gasteiger partial charge on any atom is 0.241 e. The van der Waals surface area contributed by atoms with Crippen molar-refractivity contribution in [1.82, 2.24) is 10.9 Å². The average Bonchev–Trinajstić information content (AvgIpc) is 2.49. The van der Waals surface area contributed by atoms with Crippen LogP contribution in [0, 0.1) is 5.92 Å². The van der Waals surface area contributed by atoms with E-state index in [1.807, 2.05) is 30.3 Å². The molecule has 0 spiro atoms. The summed E-state index contributed by atoms with van der Waals surface area (Å²) in [4.78, 5) is 12.3. The number of rotatable bonds is 7. The Labute approximate surface area is 143 Å². The highest BCUT2D eigenvalue weighted by molar-refractivity contribution is 7.80. The number of thiocarbonyl (C=S) groups is 1. The summed E-state index contributed by atoms with van der Waals surface area (Å²) in [6.07, 6.45) is 3.12. The largest absolute Gasteiger partial charge is 0.390 e. The van der Waals surface area contributed by atoms with E-state index in [1.54, 1.807) is 13.8 Å². The van der Waals surface area contributed by atoms with Gasteiger partial charge in [-0.25, -0.2) is 0 Å². The molecule has 0 saturated heterocycles. The maximum absolute atomic E-state index is 12.3. The molecule has 0 unspecified atom stereocenters. The van der Waals surface area contributed by atoms with Gasteiger partial charge in [-0.2, -0.15) is 0 Å². The summed E-state index contributed by atoms with van der Waals surface area (Å²) in [5.41, 5.74) is 5.31. The van der Waals surface area contributed by atoms with E-state index < -0.39 is 5.60 Å². The third-order valence-corrected chi connectivity index (χ3v) is 3.56. The Bertz CT molecular complexity index is 500. The SMILES string of the molecule is CCCC[C@H](CC(C)(C)O)C(=O)NNC(=S)Nc1ccccc1. The molecule has 0 aliphatic rings. The second-order valence-corrected chi connectivity index (χ2v) is 6.70. The van der Waals surface area contributed by atoms with Gasteiger partial charge in [0, 0.05) is 11.6 Å². The normalized spacial score (nSPS) is 12.3. The van der Waals surface area contributed by atoms with Crippen molar-refractivity contribution in [3.8, 4) is 0 Å². The Morgan fingerprint density at radius 2 is 1.91 bits per heavy atom. The number of unbranched alkanes of at least 4 members (excludes halogenated alkanes) is 1. The van der Waals surface area contributed by atoms with Crippen LogP contribution in [0.4, 0.5) is 5.69 Å². The molecule has 0 aliphatic carbocycles. The van der Waals surface area contributed by atoms with Crippen molar-refractivity contribution in [2.45, 2.75) is 52.1 Å². The summed E-state index contributed by atoms with van der Waals surface area (Å²) >= 11 is 5.15. The van der Waals surface area contributed by atoms with Gasteiger partial charge in [0.15, 0.2) is 5.11 Å². The second kappa shape index (κ2) is 9.47. The predicted molar refractivity (Wildman–Crippen MR) is 97.9 cm³/mol. The topological polar surface area (TPSA) is 73.4 Å². The number of hydrogen-bond donors (Lipinski definition) is 4. The molecule has 23 heavy (non-hydrogen) atoms. The number of benzene rings is 1. The van der Waals surface area contributed by atoms with Gasteiger partial charge < -0.3 is 10.4 Å². The summed E-state index contributed by atoms with van der Waals surface area (Å²) in [6.45, 7) is 5.51. The Kier molecular flexibility index (Phi) is 7.98. The molecule has 1 atom stereocenters. The van der Waals surface area contributed by atoms with E-state index in [1.165, 1.54) is 0 Å². The Morgan fingerprint density at radius 1 is 1.26 bits per heavy atom. The van der Waals surface area contributed by atoms with Crippen LogP contribution in [0.25, 0.3) is 0 Å². The van der Waals surface area contributed by atoms with E-state index in [9.17, 15) is 9.90 Å². The molecule has 1 aromatic rings. The van der Waals surface area contributed by atoms with Crippen molar-refractivity contribution in [2.75, 3.05) is 5.32 Å². The van der Waals surface area contributed by atoms with Crippen LogP contribution >= 0.6 is 12.2 Å². The van der Waals surface area contributed by atoms with Crippen LogP contribution in [0.2, 0.25) is 0 Å². The van der Waals surface area contributed by atoms with E-state index in [-0.39, 0.29) is 11.8 Å². The molecule has 5 nitrogen and oxygen atoms in total. The van der Waals surface area contributed by atoms with Crippen LogP contribution < -0.4 is 16.2 Å². The van der Waals surface area contributed by atoms with Gasteiger partial charge in [0.25, 0.3) is 0 Å². The van der Waals surface area contributed by atoms with Crippen molar-refractivity contribution in [2.24, 2.45) is 5.92 Å². The molecule has 0 aliphatic heterocycles. The fourth-order valence-corrected chi connectivity index (χ4v) is 2.45. The van der Waals surface area contributed by atoms with E-state index >= 15 is 0 Å². The molecule has 4 N–H and O–H groups in total. The van der Waals surface area contributed by atoms with Crippen molar-refractivity contribution in [3.63, 3.8) is 0 Å². The minimum Gasteiger partial charge on any atom is -0.390 e. The number of nitrogens with one attached hydrogen (secondary N) is 3. The van der Waals surface area contributed by atoms with Gasteiger partial charge in [-0.1, -0.05) is 38.0 Å². The molecule has 1 rings (SSSR count). The van der Waals surface area contributed by atoms with Gasteiger partial charge in [0.2, 0.25) is 5.91 Å². The number of amides is 1. The third kappa shape index (κ3) is 8.52. The number of hydrogen-bond acceptors (Lipinski definition) is 3. The lowest BCUT2D eigenvalue weighted by molar-refractivity contribution is -0.127. The smallest absolute Gasteiger partial charge is 0.241 e. The second-order valence-electron chi connectivity index (χ2n) is 6.29. The quantitative estimate of drug-likeness (QED) is 0.455. The number of anilines is 1. The van der Waals surface area contributed by atoms with Gasteiger partial charge in [-0.15, -0.1) is 0 Å². The third-order valence-electron chi connectivity index (χ3n) is 3.35. The Hall–Kier alpha value is -1.66. The lowest BCUT2D eigenvalue weighted by Gasteiger charge is -2.24. The van der Waals surface area contributed by atoms with Crippen LogP contribution in [0.3, 0.4) is 0 Å². The van der Waals surface area contributed by atoms with E-state index in [0.717, 1.165) is 24.9 Å². The summed E-state index contributed by atoms with van der Waals surface area (Å²) in [6, 6.07) is 9.47. The average molecular weight is 337 g/mol. The highest BCUT2D eigenvalue weighted by Crippen LogP contribution is 2.21. The van der Waals surface area contributed by atoms with Gasteiger partial charge in [0.1, 0.15) is 0 Å². The van der Waals surface area contributed by atoms with E-state index in [2.05, 4.69) is 23.1 Å². The van der Waals surface area contributed by atoms with Crippen LogP contribution in [0.1, 0.15) is 46.5 Å². The molecule has 128 valence electrons. The fraction of sp³-hybridized carbons (Fsp3) is 0.529. The molecular formula is C17H27N3O2S. The minimum absolute atomic E-state index is 0.155. The standard InChI is InChI=1S/C17H27N3O2S/c1-4-5-9-13(12-17(2,3)22)15(21)19-20-16(23)18-14-10-7-6-8-11-14/h6-8,10-11,13,22H,4-5,9,12H2,1-3H3,(H,19,21)(H2,18,20,23)/t13-/m1/s1. The molecular weight excluding hydrogens is 310 g/mol. The summed E-state index contributed by atoms with van der Waals surface area (Å²) < 4.78 is 0. The highest BCUT2D eigenvalue weighted by Gasteiger charge is 2.25. The van der Waals surface area contributed by atoms with Crippen molar-refractivity contribution >= 4 is 28.9 Å². The van der Waals surface area contributed by atoms with Gasteiger partial charge in [-0.05, 0) is 51.0 Å². The number of para-hydroxylation sites is 1. The van der Waals surface area contributed by atoms with Crippen LogP contribution in [0.15, 0.2) is 30.3 Å². The zero-order valence-electron chi connectivity index (χ0n) is 14.1. The first-order valence-corrected chi connectivity index (χ1v) is 8.37. The first kappa shape index (κ1) is 19.4. The van der Waals surface area contributed by atoms with Crippen LogP contribution in [-0.4, -0.2) is 21.7 Å². The first-order valence-electron chi connectivity index (χ1n) is 7.96.